The number of aromatic nitrogens is 4. The molecule has 2 N–H and O–H groups in total. The molecular weight excluding hydrogens is 282 g/mol. The van der Waals surface area contributed by atoms with E-state index in [9.17, 15) is 0 Å². The first kappa shape index (κ1) is 13.9. The molecule has 3 aromatic heterocycles. The average molecular weight is 297 g/mol. The Labute approximate surface area is 127 Å². The molecule has 0 aliphatic carbocycles. The Morgan fingerprint density at radius 1 is 1.05 bits per heavy atom. The fraction of sp³-hybridized carbons (Fsp3) is 0.133. The van der Waals surface area contributed by atoms with Crippen molar-refractivity contribution in [2.45, 2.75) is 0 Å². The van der Waals surface area contributed by atoms with E-state index in [1.165, 1.54) is 0 Å². The largest absolute Gasteiger partial charge is 0.481 e. The zero-order valence-corrected chi connectivity index (χ0v) is 12.2. The van der Waals surface area contributed by atoms with Crippen LogP contribution in [0, 0.1) is 0 Å². The molecule has 7 heteroatoms. The highest BCUT2D eigenvalue weighted by Gasteiger charge is 2.14. The van der Waals surface area contributed by atoms with Gasteiger partial charge in [-0.1, -0.05) is 0 Å². The molecule has 22 heavy (non-hydrogen) atoms. The topological polar surface area (TPSA) is 88.1 Å². The van der Waals surface area contributed by atoms with Crippen molar-refractivity contribution >= 4 is 5.82 Å². The van der Waals surface area contributed by atoms with Crippen molar-refractivity contribution in [3.63, 3.8) is 0 Å². The highest BCUT2D eigenvalue weighted by molar-refractivity contribution is 5.62. The molecule has 0 aliphatic heterocycles. The van der Waals surface area contributed by atoms with Gasteiger partial charge in [-0.3, -0.25) is 4.57 Å². The summed E-state index contributed by atoms with van der Waals surface area (Å²) in [4.78, 5) is 12.7. The third kappa shape index (κ3) is 2.44. The molecule has 7 nitrogen and oxygen atoms in total. The Morgan fingerprint density at radius 3 is 2.64 bits per heavy atom. The van der Waals surface area contributed by atoms with E-state index in [0.717, 1.165) is 17.1 Å². The highest BCUT2D eigenvalue weighted by atomic mass is 16.5. The number of rotatable bonds is 4. The van der Waals surface area contributed by atoms with Crippen LogP contribution in [0.15, 0.2) is 42.9 Å². The third-order valence-electron chi connectivity index (χ3n) is 3.16. The minimum atomic E-state index is 0.437. The summed E-state index contributed by atoms with van der Waals surface area (Å²) in [6.45, 7) is 0. The first-order chi connectivity index (χ1) is 10.7. The lowest BCUT2D eigenvalue weighted by molar-refractivity contribution is 0.363. The molecule has 3 rings (SSSR count). The Balaban J connectivity index is 2.13. The number of methoxy groups -OCH3 is 2. The van der Waals surface area contributed by atoms with Crippen molar-refractivity contribution in [1.82, 2.24) is 19.5 Å². The molecule has 0 fully saturated rings. The fourth-order valence-corrected chi connectivity index (χ4v) is 2.16. The van der Waals surface area contributed by atoms with E-state index in [-0.39, 0.29) is 0 Å². The standard InChI is InChI=1S/C15H15N5O2/c1-21-13-4-3-11(15(19-13)22-2)20-8-7-18-14(20)10-5-6-17-12(16)9-10/h3-9H,1-2H3,(H2,16,17). The summed E-state index contributed by atoms with van der Waals surface area (Å²) >= 11 is 0. The average Bonchev–Trinajstić information content (AvgIpc) is 3.03. The second-order valence-electron chi connectivity index (χ2n) is 4.47. The van der Waals surface area contributed by atoms with Crippen LogP contribution in [0.5, 0.6) is 11.8 Å². The van der Waals surface area contributed by atoms with E-state index in [2.05, 4.69) is 15.0 Å². The molecule has 3 heterocycles. The summed E-state index contributed by atoms with van der Waals surface area (Å²) in [6.07, 6.45) is 5.18. The van der Waals surface area contributed by atoms with Crippen LogP contribution < -0.4 is 15.2 Å². The van der Waals surface area contributed by atoms with E-state index in [1.807, 2.05) is 22.9 Å². The van der Waals surface area contributed by atoms with Gasteiger partial charge in [0.2, 0.25) is 11.8 Å². The molecule has 112 valence electrons. The van der Waals surface area contributed by atoms with Gasteiger partial charge < -0.3 is 15.2 Å². The summed E-state index contributed by atoms with van der Waals surface area (Å²) < 4.78 is 12.3. The van der Waals surface area contributed by atoms with Crippen LogP contribution >= 0.6 is 0 Å². The Kier molecular flexibility index (Phi) is 3.61. The lowest BCUT2D eigenvalue weighted by Crippen LogP contribution is -2.02. The van der Waals surface area contributed by atoms with Gasteiger partial charge in [-0.25, -0.2) is 9.97 Å². The van der Waals surface area contributed by atoms with Crippen molar-refractivity contribution in [2.24, 2.45) is 0 Å². The molecule has 0 aliphatic rings. The van der Waals surface area contributed by atoms with Crippen LogP contribution in [0.1, 0.15) is 0 Å². The van der Waals surface area contributed by atoms with Crippen LogP contribution in [-0.4, -0.2) is 33.7 Å². The van der Waals surface area contributed by atoms with Crippen molar-refractivity contribution in [2.75, 3.05) is 20.0 Å². The summed E-state index contributed by atoms with van der Waals surface area (Å²) in [5.74, 6) is 2.09. The van der Waals surface area contributed by atoms with Gasteiger partial charge in [0.1, 0.15) is 17.3 Å². The summed E-state index contributed by atoms with van der Waals surface area (Å²) in [6, 6.07) is 7.24. The minimum absolute atomic E-state index is 0.437. The van der Waals surface area contributed by atoms with Gasteiger partial charge in [0.05, 0.1) is 14.2 Å². The number of imidazole rings is 1. The maximum Gasteiger partial charge on any atom is 0.241 e. The zero-order valence-electron chi connectivity index (χ0n) is 12.2. The van der Waals surface area contributed by atoms with Crippen LogP contribution in [0.3, 0.4) is 0 Å². The van der Waals surface area contributed by atoms with Crippen molar-refractivity contribution < 1.29 is 9.47 Å². The lowest BCUT2D eigenvalue weighted by Gasteiger charge is -2.12. The van der Waals surface area contributed by atoms with E-state index < -0.39 is 0 Å². The van der Waals surface area contributed by atoms with Gasteiger partial charge in [0.25, 0.3) is 0 Å². The minimum Gasteiger partial charge on any atom is -0.481 e. The Morgan fingerprint density at radius 2 is 1.91 bits per heavy atom. The predicted octanol–water partition coefficient (Wildman–Crippen LogP) is 1.93. The quantitative estimate of drug-likeness (QED) is 0.791. The van der Waals surface area contributed by atoms with Gasteiger partial charge >= 0.3 is 0 Å². The lowest BCUT2D eigenvalue weighted by atomic mass is 10.2. The summed E-state index contributed by atoms with van der Waals surface area (Å²) in [7, 11) is 3.12. The molecule has 0 aromatic carbocycles. The van der Waals surface area contributed by atoms with E-state index >= 15 is 0 Å². The normalized spacial score (nSPS) is 10.5. The van der Waals surface area contributed by atoms with Gasteiger partial charge in [-0.15, -0.1) is 0 Å². The predicted molar refractivity (Wildman–Crippen MR) is 82.1 cm³/mol. The molecule has 0 spiro atoms. The molecule has 3 aromatic rings. The van der Waals surface area contributed by atoms with E-state index in [4.69, 9.17) is 15.2 Å². The molecule has 0 amide bonds. The number of hydrogen-bond donors (Lipinski definition) is 1. The third-order valence-corrected chi connectivity index (χ3v) is 3.16. The molecule has 0 bridgehead atoms. The van der Waals surface area contributed by atoms with Gasteiger partial charge in [-0.05, 0) is 18.2 Å². The molecule has 0 saturated heterocycles. The van der Waals surface area contributed by atoms with Gasteiger partial charge in [-0.2, -0.15) is 4.98 Å². The van der Waals surface area contributed by atoms with Gasteiger partial charge in [0, 0.05) is 30.2 Å². The SMILES string of the molecule is COc1ccc(-n2ccnc2-c2ccnc(N)c2)c(OC)n1. The Hall–Kier alpha value is -3.09. The van der Waals surface area contributed by atoms with Crippen molar-refractivity contribution in [3.8, 4) is 28.8 Å². The molecule has 0 unspecified atom stereocenters. The number of nitrogen functional groups attached to an aromatic ring is 1. The number of pyridine rings is 2. The first-order valence-corrected chi connectivity index (χ1v) is 6.57. The number of ether oxygens (including phenoxy) is 2. The van der Waals surface area contributed by atoms with Crippen LogP contribution in [-0.2, 0) is 0 Å². The number of hydrogen-bond acceptors (Lipinski definition) is 6. The van der Waals surface area contributed by atoms with Crippen molar-refractivity contribution in [3.05, 3.63) is 42.9 Å². The fourth-order valence-electron chi connectivity index (χ4n) is 2.16. The summed E-state index contributed by atoms with van der Waals surface area (Å²) in [5.41, 5.74) is 7.36. The summed E-state index contributed by atoms with van der Waals surface area (Å²) in [5, 5.41) is 0. The maximum atomic E-state index is 5.75. The van der Waals surface area contributed by atoms with Crippen LogP contribution in [0.4, 0.5) is 5.82 Å². The van der Waals surface area contributed by atoms with Gasteiger partial charge in [0.15, 0.2) is 0 Å². The van der Waals surface area contributed by atoms with Crippen molar-refractivity contribution in [1.29, 1.82) is 0 Å². The Bertz CT molecular complexity index is 800. The monoisotopic (exact) mass is 297 g/mol. The maximum absolute atomic E-state index is 5.75. The number of nitrogens with zero attached hydrogens (tertiary/aromatic N) is 4. The zero-order chi connectivity index (χ0) is 15.5. The number of anilines is 1. The van der Waals surface area contributed by atoms with Crippen LogP contribution in [0.25, 0.3) is 17.1 Å². The molecule has 0 saturated carbocycles. The molecular formula is C15H15N5O2. The number of nitrogens with two attached hydrogens (primary N) is 1. The van der Waals surface area contributed by atoms with E-state index in [1.54, 1.807) is 38.7 Å². The second kappa shape index (κ2) is 5.72. The highest BCUT2D eigenvalue weighted by Crippen LogP contribution is 2.28. The van der Waals surface area contributed by atoms with Crippen LogP contribution in [0.2, 0.25) is 0 Å². The molecule has 0 radical (unpaired) electrons. The van der Waals surface area contributed by atoms with E-state index in [0.29, 0.717) is 17.6 Å². The first-order valence-electron chi connectivity index (χ1n) is 6.57. The smallest absolute Gasteiger partial charge is 0.241 e. The molecule has 0 atom stereocenters. The second-order valence-corrected chi connectivity index (χ2v) is 4.47.